The second-order valence-corrected chi connectivity index (χ2v) is 5.27. The molecule has 0 saturated heterocycles. The molecule has 1 amide bonds. The van der Waals surface area contributed by atoms with E-state index in [0.717, 1.165) is 10.2 Å². The molecule has 15 heavy (non-hydrogen) atoms. The van der Waals surface area contributed by atoms with Crippen LogP contribution < -0.4 is 5.73 Å². The van der Waals surface area contributed by atoms with E-state index in [4.69, 9.17) is 5.73 Å². The van der Waals surface area contributed by atoms with E-state index >= 15 is 0 Å². The van der Waals surface area contributed by atoms with Gasteiger partial charge in [0, 0.05) is 0 Å². The second-order valence-electron chi connectivity index (χ2n) is 3.29. The molecule has 1 aromatic heterocycles. The van der Waals surface area contributed by atoms with Crippen LogP contribution in [-0.4, -0.2) is 10.9 Å². The van der Waals surface area contributed by atoms with Gasteiger partial charge in [0.2, 0.25) is 5.91 Å². The summed E-state index contributed by atoms with van der Waals surface area (Å²) in [4.78, 5) is 14.8. The fraction of sp³-hybridized carbons (Fsp3) is 0.200. The number of aryl methyl sites for hydroxylation is 1. The molecule has 2 N–H and O–H groups in total. The van der Waals surface area contributed by atoms with Crippen LogP contribution >= 0.6 is 27.3 Å². The summed E-state index contributed by atoms with van der Waals surface area (Å²) in [5.74, 6) is -0.411. The van der Waals surface area contributed by atoms with Crippen LogP contribution in [0.2, 0.25) is 0 Å². The summed E-state index contributed by atoms with van der Waals surface area (Å²) in [7, 11) is 0. The molecule has 1 aromatic carbocycles. The maximum Gasteiger partial charge on any atom is 0.238 e. The molecule has 1 heterocycles. The van der Waals surface area contributed by atoms with Crippen molar-refractivity contribution in [2.24, 2.45) is 5.73 Å². The lowest BCUT2D eigenvalue weighted by Crippen LogP contribution is -2.16. The first-order chi connectivity index (χ1) is 7.08. The predicted molar refractivity (Wildman–Crippen MR) is 65.2 cm³/mol. The maximum absolute atomic E-state index is 11.0. The maximum atomic E-state index is 11.0. The average Bonchev–Trinajstić information content (AvgIpc) is 2.58. The molecule has 0 radical (unpaired) electrons. The van der Waals surface area contributed by atoms with Gasteiger partial charge in [-0.2, -0.15) is 0 Å². The summed E-state index contributed by atoms with van der Waals surface area (Å²) in [5.41, 5.74) is 7.29. The quantitative estimate of drug-likeness (QED) is 0.862. The normalized spacial score (nSPS) is 12.9. The minimum Gasteiger partial charge on any atom is -0.368 e. The topological polar surface area (TPSA) is 56.0 Å². The van der Waals surface area contributed by atoms with Crippen molar-refractivity contribution in [2.75, 3.05) is 0 Å². The lowest BCUT2D eigenvalue weighted by Gasteiger charge is -1.97. The number of nitrogens with two attached hydrogens (primary N) is 1. The smallest absolute Gasteiger partial charge is 0.238 e. The Bertz CT molecular complexity index is 523. The highest BCUT2D eigenvalue weighted by atomic mass is 79.9. The van der Waals surface area contributed by atoms with Crippen molar-refractivity contribution in [3.05, 3.63) is 28.8 Å². The third-order valence-corrected chi connectivity index (χ3v) is 4.30. The summed E-state index contributed by atoms with van der Waals surface area (Å²) in [6.45, 7) is 2.03. The zero-order valence-electron chi connectivity index (χ0n) is 8.03. The summed E-state index contributed by atoms with van der Waals surface area (Å²) in [5, 5.41) is 0.711. The minimum atomic E-state index is -0.491. The van der Waals surface area contributed by atoms with Crippen LogP contribution in [0.15, 0.2) is 18.2 Å². The Balaban J connectivity index is 2.51. The van der Waals surface area contributed by atoms with Gasteiger partial charge in [0.1, 0.15) is 9.83 Å². The molecule has 0 saturated carbocycles. The number of benzene rings is 1. The molecule has 3 nitrogen and oxygen atoms in total. The van der Waals surface area contributed by atoms with Crippen LogP contribution in [-0.2, 0) is 4.79 Å². The third kappa shape index (κ3) is 2.03. The molecule has 1 unspecified atom stereocenters. The number of rotatable bonds is 2. The van der Waals surface area contributed by atoms with Crippen molar-refractivity contribution in [3.63, 3.8) is 0 Å². The number of fused-ring (bicyclic) bond motifs is 1. The largest absolute Gasteiger partial charge is 0.368 e. The number of halogens is 1. The monoisotopic (exact) mass is 284 g/mol. The van der Waals surface area contributed by atoms with Crippen molar-refractivity contribution in [3.8, 4) is 0 Å². The van der Waals surface area contributed by atoms with E-state index in [0.29, 0.717) is 5.01 Å². The number of amides is 1. The van der Waals surface area contributed by atoms with Crippen LogP contribution in [0.3, 0.4) is 0 Å². The molecule has 0 aliphatic heterocycles. The number of alkyl halides is 1. The van der Waals surface area contributed by atoms with Crippen LogP contribution in [0.5, 0.6) is 0 Å². The van der Waals surface area contributed by atoms with Gasteiger partial charge in [-0.05, 0) is 24.6 Å². The third-order valence-electron chi connectivity index (χ3n) is 2.03. The number of thiazole rings is 1. The first-order valence-corrected chi connectivity index (χ1v) is 6.11. The second kappa shape index (κ2) is 3.90. The fourth-order valence-electron chi connectivity index (χ4n) is 1.28. The lowest BCUT2D eigenvalue weighted by atomic mass is 10.2. The van der Waals surface area contributed by atoms with E-state index in [2.05, 4.69) is 27.0 Å². The van der Waals surface area contributed by atoms with Crippen LogP contribution in [0.25, 0.3) is 10.2 Å². The molecule has 0 fully saturated rings. The molecule has 0 aliphatic rings. The van der Waals surface area contributed by atoms with Gasteiger partial charge in [-0.1, -0.05) is 22.0 Å². The molecule has 78 valence electrons. The van der Waals surface area contributed by atoms with E-state index in [1.807, 2.05) is 19.1 Å². The molecule has 0 aliphatic carbocycles. The molecule has 5 heteroatoms. The van der Waals surface area contributed by atoms with Gasteiger partial charge < -0.3 is 5.73 Å². The van der Waals surface area contributed by atoms with E-state index in [-0.39, 0.29) is 0 Å². The average molecular weight is 285 g/mol. The molecule has 2 rings (SSSR count). The highest BCUT2D eigenvalue weighted by Gasteiger charge is 2.18. The zero-order valence-corrected chi connectivity index (χ0v) is 10.4. The minimum absolute atomic E-state index is 0.411. The molecular formula is C10H9BrN2OS. The van der Waals surface area contributed by atoms with Crippen LogP contribution in [0, 0.1) is 6.92 Å². The van der Waals surface area contributed by atoms with Crippen molar-refractivity contribution in [2.45, 2.75) is 11.8 Å². The van der Waals surface area contributed by atoms with Gasteiger partial charge in [0.25, 0.3) is 0 Å². The summed E-state index contributed by atoms with van der Waals surface area (Å²) < 4.78 is 1.08. The number of aromatic nitrogens is 1. The Labute approximate surface area is 99.4 Å². The Kier molecular flexibility index (Phi) is 2.75. The zero-order chi connectivity index (χ0) is 11.0. The molecule has 0 spiro atoms. The summed E-state index contributed by atoms with van der Waals surface area (Å²) in [6, 6.07) is 6.00. The Morgan fingerprint density at radius 2 is 2.33 bits per heavy atom. The van der Waals surface area contributed by atoms with E-state index < -0.39 is 10.7 Å². The fourth-order valence-corrected chi connectivity index (χ4v) is 2.71. The molecular weight excluding hydrogens is 276 g/mol. The first kappa shape index (κ1) is 10.6. The summed E-state index contributed by atoms with van der Waals surface area (Å²) >= 11 is 4.71. The Morgan fingerprint density at radius 3 is 3.00 bits per heavy atom. The van der Waals surface area contributed by atoms with Gasteiger partial charge >= 0.3 is 0 Å². The Hall–Kier alpha value is -0.940. The number of carbonyl (C=O) groups excluding carboxylic acids is 1. The van der Waals surface area contributed by atoms with Crippen LogP contribution in [0.4, 0.5) is 0 Å². The molecule has 2 aromatic rings. The van der Waals surface area contributed by atoms with Crippen molar-refractivity contribution < 1.29 is 4.79 Å². The van der Waals surface area contributed by atoms with Gasteiger partial charge in [0.15, 0.2) is 0 Å². The predicted octanol–water partition coefficient (Wildman–Crippen LogP) is 2.53. The number of primary amides is 1. The van der Waals surface area contributed by atoms with Gasteiger partial charge in [0.05, 0.1) is 10.2 Å². The first-order valence-electron chi connectivity index (χ1n) is 4.38. The van der Waals surface area contributed by atoms with Gasteiger partial charge in [-0.3, -0.25) is 4.79 Å². The number of hydrogen-bond acceptors (Lipinski definition) is 3. The highest BCUT2D eigenvalue weighted by molar-refractivity contribution is 9.09. The molecule has 0 bridgehead atoms. The summed E-state index contributed by atoms with van der Waals surface area (Å²) in [6.07, 6.45) is 0. The van der Waals surface area contributed by atoms with Crippen molar-refractivity contribution in [1.29, 1.82) is 0 Å². The van der Waals surface area contributed by atoms with E-state index in [9.17, 15) is 4.79 Å². The molecule has 1 atom stereocenters. The van der Waals surface area contributed by atoms with Crippen molar-refractivity contribution in [1.82, 2.24) is 4.98 Å². The number of hydrogen-bond donors (Lipinski definition) is 1. The SMILES string of the molecule is Cc1ccc2nc(C(Br)C(N)=O)sc2c1. The van der Waals surface area contributed by atoms with E-state index in [1.165, 1.54) is 16.9 Å². The van der Waals surface area contributed by atoms with Gasteiger partial charge in [-0.25, -0.2) is 4.98 Å². The number of nitrogens with zero attached hydrogens (tertiary/aromatic N) is 1. The number of carbonyl (C=O) groups is 1. The lowest BCUT2D eigenvalue weighted by molar-refractivity contribution is -0.117. The van der Waals surface area contributed by atoms with Crippen molar-refractivity contribution >= 4 is 43.4 Å². The van der Waals surface area contributed by atoms with Gasteiger partial charge in [-0.15, -0.1) is 11.3 Å². The van der Waals surface area contributed by atoms with E-state index in [1.54, 1.807) is 0 Å². The standard InChI is InChI=1S/C10H9BrN2OS/c1-5-2-3-6-7(4-5)15-10(13-6)8(11)9(12)14/h2-4,8H,1H3,(H2,12,14). The Morgan fingerprint density at radius 1 is 1.60 bits per heavy atom. The van der Waals surface area contributed by atoms with Crippen LogP contribution in [0.1, 0.15) is 15.4 Å². The highest BCUT2D eigenvalue weighted by Crippen LogP contribution is 2.31.